The highest BCUT2D eigenvalue weighted by Gasteiger charge is 2.29. The summed E-state index contributed by atoms with van der Waals surface area (Å²) in [6.07, 6.45) is 1.51. The van der Waals surface area contributed by atoms with Crippen molar-refractivity contribution in [3.63, 3.8) is 0 Å². The lowest BCUT2D eigenvalue weighted by Gasteiger charge is -2.29. The fourth-order valence-corrected chi connectivity index (χ4v) is 4.51. The highest BCUT2D eigenvalue weighted by atomic mass is 32.2. The molecule has 0 bridgehead atoms. The van der Waals surface area contributed by atoms with Gasteiger partial charge in [0, 0.05) is 17.3 Å². The van der Waals surface area contributed by atoms with E-state index < -0.39 is 16.0 Å². The van der Waals surface area contributed by atoms with Crippen LogP contribution in [0.2, 0.25) is 0 Å². The first kappa shape index (κ1) is 16.0. The lowest BCUT2D eigenvalue weighted by atomic mass is 10.1. The number of H-pyrrole nitrogens is 1. The summed E-state index contributed by atoms with van der Waals surface area (Å²) in [7, 11) is -1.71. The molecule has 1 aromatic heterocycles. The second kappa shape index (κ2) is 5.78. The van der Waals surface area contributed by atoms with Gasteiger partial charge in [-0.1, -0.05) is 0 Å². The Morgan fingerprint density at radius 3 is 2.38 bits per heavy atom. The number of aromatic nitrogens is 1. The van der Waals surface area contributed by atoms with Crippen molar-refractivity contribution in [1.82, 2.24) is 14.6 Å². The van der Waals surface area contributed by atoms with Crippen molar-refractivity contribution in [2.75, 3.05) is 20.1 Å². The van der Waals surface area contributed by atoms with Crippen LogP contribution in [-0.2, 0) is 10.0 Å². The number of nitrogens with zero attached hydrogens (tertiary/aromatic N) is 1. The summed E-state index contributed by atoms with van der Waals surface area (Å²) in [5.41, 5.74) is 0.530. The minimum atomic E-state index is -3.71. The second-order valence-corrected chi connectivity index (χ2v) is 7.23. The number of aromatic carboxylic acids is 1. The Morgan fingerprint density at radius 1 is 1.33 bits per heavy atom. The SMILES string of the molecule is Cc1[nH]c(C(=O)O)c(C)c1S(=O)(=O)NC1CCN(C)CC1. The van der Waals surface area contributed by atoms with E-state index in [0.717, 1.165) is 25.9 Å². The first-order valence-electron chi connectivity index (χ1n) is 6.85. The summed E-state index contributed by atoms with van der Waals surface area (Å²) in [6, 6.07) is -0.104. The number of carbonyl (C=O) groups is 1. The summed E-state index contributed by atoms with van der Waals surface area (Å²) in [4.78, 5) is 15.9. The van der Waals surface area contributed by atoms with Gasteiger partial charge in [-0.15, -0.1) is 0 Å². The number of carboxylic acid groups (broad SMARTS) is 1. The van der Waals surface area contributed by atoms with Crippen molar-refractivity contribution in [3.05, 3.63) is 17.0 Å². The van der Waals surface area contributed by atoms with Crippen LogP contribution in [0.1, 0.15) is 34.6 Å². The van der Waals surface area contributed by atoms with Crippen LogP contribution < -0.4 is 4.72 Å². The molecular weight excluding hydrogens is 294 g/mol. The standard InChI is InChI=1S/C13H21N3O4S/c1-8-11(13(17)18)14-9(2)12(8)21(19,20)15-10-4-6-16(3)7-5-10/h10,14-15H,4-7H2,1-3H3,(H,17,18). The molecule has 3 N–H and O–H groups in total. The largest absolute Gasteiger partial charge is 0.477 e. The summed E-state index contributed by atoms with van der Waals surface area (Å²) in [5.74, 6) is -1.16. The second-order valence-electron chi connectivity index (χ2n) is 5.58. The maximum Gasteiger partial charge on any atom is 0.352 e. The van der Waals surface area contributed by atoms with E-state index in [1.807, 2.05) is 7.05 Å². The van der Waals surface area contributed by atoms with E-state index in [1.54, 1.807) is 6.92 Å². The summed E-state index contributed by atoms with van der Waals surface area (Å²) < 4.78 is 27.7. The fraction of sp³-hybridized carbons (Fsp3) is 0.615. The Bertz CT molecular complexity index is 643. The normalized spacial score (nSPS) is 18.0. The van der Waals surface area contributed by atoms with Crippen LogP contribution in [0.25, 0.3) is 0 Å². The van der Waals surface area contributed by atoms with Crippen LogP contribution in [0.15, 0.2) is 4.90 Å². The molecule has 118 valence electrons. The maximum absolute atomic E-state index is 12.5. The van der Waals surface area contributed by atoms with Gasteiger partial charge in [-0.3, -0.25) is 0 Å². The van der Waals surface area contributed by atoms with E-state index in [4.69, 9.17) is 5.11 Å². The number of hydrogen-bond donors (Lipinski definition) is 3. The van der Waals surface area contributed by atoms with Gasteiger partial charge in [-0.05, 0) is 46.8 Å². The molecule has 1 aliphatic rings. The van der Waals surface area contributed by atoms with Crippen LogP contribution in [0, 0.1) is 13.8 Å². The van der Waals surface area contributed by atoms with Crippen molar-refractivity contribution < 1.29 is 18.3 Å². The van der Waals surface area contributed by atoms with Gasteiger partial charge in [0.15, 0.2) is 0 Å². The number of hydrogen-bond acceptors (Lipinski definition) is 4. The van der Waals surface area contributed by atoms with E-state index in [2.05, 4.69) is 14.6 Å². The smallest absolute Gasteiger partial charge is 0.352 e. The summed E-state index contributed by atoms with van der Waals surface area (Å²) in [6.45, 7) is 4.77. The van der Waals surface area contributed by atoms with Crippen LogP contribution in [-0.4, -0.2) is 55.6 Å². The maximum atomic E-state index is 12.5. The van der Waals surface area contributed by atoms with Crippen molar-refractivity contribution in [2.24, 2.45) is 0 Å². The van der Waals surface area contributed by atoms with Crippen molar-refractivity contribution in [2.45, 2.75) is 37.6 Å². The Morgan fingerprint density at radius 2 is 1.90 bits per heavy atom. The van der Waals surface area contributed by atoms with E-state index in [0.29, 0.717) is 5.69 Å². The van der Waals surface area contributed by atoms with Crippen molar-refractivity contribution in [1.29, 1.82) is 0 Å². The van der Waals surface area contributed by atoms with Gasteiger partial charge in [0.2, 0.25) is 10.0 Å². The van der Waals surface area contributed by atoms with E-state index in [1.165, 1.54) is 6.92 Å². The van der Waals surface area contributed by atoms with Gasteiger partial charge in [0.1, 0.15) is 10.6 Å². The predicted molar refractivity (Wildman–Crippen MR) is 78.1 cm³/mol. The number of piperidine rings is 1. The molecule has 2 heterocycles. The molecule has 7 nitrogen and oxygen atoms in total. The lowest BCUT2D eigenvalue weighted by Crippen LogP contribution is -2.43. The van der Waals surface area contributed by atoms with Crippen molar-refractivity contribution in [3.8, 4) is 0 Å². The Kier molecular flexibility index (Phi) is 4.40. The number of nitrogens with one attached hydrogen (secondary N) is 2. The first-order valence-corrected chi connectivity index (χ1v) is 8.34. The highest BCUT2D eigenvalue weighted by Crippen LogP contribution is 2.24. The summed E-state index contributed by atoms with van der Waals surface area (Å²) in [5, 5.41) is 9.07. The van der Waals surface area contributed by atoms with Crippen molar-refractivity contribution >= 4 is 16.0 Å². The third-order valence-corrected chi connectivity index (χ3v) is 5.69. The molecule has 2 rings (SSSR count). The zero-order valence-corrected chi connectivity index (χ0v) is 13.2. The number of aromatic amines is 1. The van der Waals surface area contributed by atoms with Gasteiger partial charge in [-0.25, -0.2) is 17.9 Å². The molecule has 0 spiro atoms. The number of likely N-dealkylation sites (tertiary alicyclic amines) is 1. The molecule has 8 heteroatoms. The molecule has 0 radical (unpaired) electrons. The van der Waals surface area contributed by atoms with Crippen LogP contribution in [0.4, 0.5) is 0 Å². The average Bonchev–Trinajstić information content (AvgIpc) is 2.68. The number of carboxylic acids is 1. The van der Waals surface area contributed by atoms with Gasteiger partial charge < -0.3 is 15.0 Å². The number of rotatable bonds is 4. The molecule has 1 fully saturated rings. The molecular formula is C13H21N3O4S. The minimum Gasteiger partial charge on any atom is -0.477 e. The Labute approximate surface area is 124 Å². The molecule has 0 saturated carbocycles. The number of aryl methyl sites for hydroxylation is 1. The molecule has 0 atom stereocenters. The Hall–Kier alpha value is -1.38. The molecule has 21 heavy (non-hydrogen) atoms. The molecule has 0 aromatic carbocycles. The number of sulfonamides is 1. The van der Waals surface area contributed by atoms with Crippen LogP contribution in [0.5, 0.6) is 0 Å². The third-order valence-electron chi connectivity index (χ3n) is 3.89. The zero-order valence-electron chi connectivity index (χ0n) is 12.4. The summed E-state index contributed by atoms with van der Waals surface area (Å²) >= 11 is 0. The molecule has 0 amide bonds. The zero-order chi connectivity index (χ0) is 15.8. The van der Waals surface area contributed by atoms with Gasteiger partial charge >= 0.3 is 5.97 Å². The molecule has 1 aliphatic heterocycles. The predicted octanol–water partition coefficient (Wildman–Crippen LogP) is 0.702. The van der Waals surface area contributed by atoms with Crippen LogP contribution >= 0.6 is 0 Å². The first-order chi connectivity index (χ1) is 9.72. The minimum absolute atomic E-state index is 0.0545. The molecule has 0 aliphatic carbocycles. The quantitative estimate of drug-likeness (QED) is 0.759. The van der Waals surface area contributed by atoms with E-state index in [-0.39, 0.29) is 22.2 Å². The van der Waals surface area contributed by atoms with Gasteiger partial charge in [0.25, 0.3) is 0 Å². The van der Waals surface area contributed by atoms with Crippen LogP contribution in [0.3, 0.4) is 0 Å². The fourth-order valence-electron chi connectivity index (χ4n) is 2.75. The Balaban J connectivity index is 2.26. The van der Waals surface area contributed by atoms with E-state index >= 15 is 0 Å². The lowest BCUT2D eigenvalue weighted by molar-refractivity contribution is 0.0690. The monoisotopic (exact) mass is 315 g/mol. The average molecular weight is 315 g/mol. The van der Waals surface area contributed by atoms with Gasteiger partial charge in [0.05, 0.1) is 0 Å². The topological polar surface area (TPSA) is 102 Å². The molecule has 1 aromatic rings. The van der Waals surface area contributed by atoms with Gasteiger partial charge in [-0.2, -0.15) is 0 Å². The highest BCUT2D eigenvalue weighted by molar-refractivity contribution is 7.89. The van der Waals surface area contributed by atoms with E-state index in [9.17, 15) is 13.2 Å². The molecule has 1 saturated heterocycles. The molecule has 0 unspecified atom stereocenters. The third kappa shape index (κ3) is 3.28.